The first-order valence-electron chi connectivity index (χ1n) is 5.94. The van der Waals surface area contributed by atoms with E-state index in [-0.39, 0.29) is 0 Å². The van der Waals surface area contributed by atoms with Crippen molar-refractivity contribution in [1.82, 2.24) is 9.97 Å². The molecule has 1 aromatic carbocycles. The molecule has 0 aliphatic rings. The SMILES string of the molecule is COc1cc(-c2ccccc2)c2ccc(N)nc2n1. The van der Waals surface area contributed by atoms with Gasteiger partial charge in [-0.15, -0.1) is 0 Å². The van der Waals surface area contributed by atoms with Gasteiger partial charge in [-0.05, 0) is 23.3 Å². The molecule has 4 nitrogen and oxygen atoms in total. The van der Waals surface area contributed by atoms with Gasteiger partial charge in [0.1, 0.15) is 5.82 Å². The fourth-order valence-corrected chi connectivity index (χ4v) is 2.06. The molecule has 19 heavy (non-hydrogen) atoms. The molecule has 0 bridgehead atoms. The van der Waals surface area contributed by atoms with Crippen LogP contribution in [0.3, 0.4) is 0 Å². The van der Waals surface area contributed by atoms with Gasteiger partial charge in [-0.3, -0.25) is 0 Å². The topological polar surface area (TPSA) is 61.0 Å². The number of hydrogen-bond donors (Lipinski definition) is 1. The first-order chi connectivity index (χ1) is 9.28. The number of anilines is 1. The average molecular weight is 251 g/mol. The third-order valence-electron chi connectivity index (χ3n) is 2.96. The zero-order valence-electron chi connectivity index (χ0n) is 10.5. The van der Waals surface area contributed by atoms with E-state index in [0.29, 0.717) is 17.3 Å². The van der Waals surface area contributed by atoms with Crippen LogP contribution in [0.2, 0.25) is 0 Å². The number of fused-ring (bicyclic) bond motifs is 1. The number of hydrogen-bond acceptors (Lipinski definition) is 4. The van der Waals surface area contributed by atoms with E-state index in [1.54, 1.807) is 13.2 Å². The fraction of sp³-hybridized carbons (Fsp3) is 0.0667. The van der Waals surface area contributed by atoms with Gasteiger partial charge in [-0.25, -0.2) is 4.98 Å². The Bertz CT molecular complexity index is 726. The summed E-state index contributed by atoms with van der Waals surface area (Å²) in [4.78, 5) is 8.58. The van der Waals surface area contributed by atoms with Crippen molar-refractivity contribution < 1.29 is 4.74 Å². The number of nitrogen functional groups attached to an aromatic ring is 1. The summed E-state index contributed by atoms with van der Waals surface area (Å²) in [5.41, 5.74) is 8.44. The second-order valence-corrected chi connectivity index (χ2v) is 4.19. The lowest BCUT2D eigenvalue weighted by atomic mass is 10.0. The van der Waals surface area contributed by atoms with E-state index in [1.165, 1.54) is 0 Å². The van der Waals surface area contributed by atoms with Crippen molar-refractivity contribution in [3.8, 4) is 17.0 Å². The van der Waals surface area contributed by atoms with Gasteiger partial charge < -0.3 is 10.5 Å². The minimum absolute atomic E-state index is 0.451. The second-order valence-electron chi connectivity index (χ2n) is 4.19. The van der Waals surface area contributed by atoms with Crippen molar-refractivity contribution in [2.75, 3.05) is 12.8 Å². The number of benzene rings is 1. The van der Waals surface area contributed by atoms with Gasteiger partial charge in [0.25, 0.3) is 0 Å². The van der Waals surface area contributed by atoms with E-state index in [0.717, 1.165) is 16.5 Å². The van der Waals surface area contributed by atoms with E-state index in [2.05, 4.69) is 9.97 Å². The monoisotopic (exact) mass is 251 g/mol. The number of pyridine rings is 2. The predicted molar refractivity (Wildman–Crippen MR) is 75.9 cm³/mol. The van der Waals surface area contributed by atoms with Crippen molar-refractivity contribution in [2.24, 2.45) is 0 Å². The Morgan fingerprint density at radius 2 is 1.79 bits per heavy atom. The third kappa shape index (κ3) is 2.08. The molecule has 94 valence electrons. The molecule has 2 heterocycles. The molecule has 0 radical (unpaired) electrons. The van der Waals surface area contributed by atoms with E-state index in [4.69, 9.17) is 10.5 Å². The van der Waals surface area contributed by atoms with Crippen LogP contribution in [0.25, 0.3) is 22.2 Å². The van der Waals surface area contributed by atoms with Crippen LogP contribution in [-0.2, 0) is 0 Å². The summed E-state index contributed by atoms with van der Waals surface area (Å²) >= 11 is 0. The van der Waals surface area contributed by atoms with Gasteiger partial charge in [0, 0.05) is 11.5 Å². The Hall–Kier alpha value is -2.62. The molecule has 2 N–H and O–H groups in total. The third-order valence-corrected chi connectivity index (χ3v) is 2.96. The minimum atomic E-state index is 0.451. The molecule has 0 aliphatic heterocycles. The number of methoxy groups -OCH3 is 1. The lowest BCUT2D eigenvalue weighted by molar-refractivity contribution is 0.399. The molecule has 0 unspecified atom stereocenters. The molecule has 0 spiro atoms. The van der Waals surface area contributed by atoms with E-state index >= 15 is 0 Å². The molecule has 0 saturated heterocycles. The molecule has 2 aromatic heterocycles. The fourth-order valence-electron chi connectivity index (χ4n) is 2.06. The molecule has 0 atom stereocenters. The van der Waals surface area contributed by atoms with Crippen LogP contribution in [0.1, 0.15) is 0 Å². The number of nitrogens with two attached hydrogens (primary N) is 1. The Kier molecular flexibility index (Phi) is 2.76. The molecular formula is C15H13N3O. The molecule has 3 aromatic rings. The van der Waals surface area contributed by atoms with Crippen LogP contribution in [0.5, 0.6) is 5.88 Å². The van der Waals surface area contributed by atoms with Gasteiger partial charge >= 0.3 is 0 Å². The van der Waals surface area contributed by atoms with Crippen LogP contribution in [-0.4, -0.2) is 17.1 Å². The first-order valence-corrected chi connectivity index (χ1v) is 5.94. The molecule has 4 heteroatoms. The van der Waals surface area contributed by atoms with Gasteiger partial charge in [0.15, 0.2) is 5.65 Å². The number of aromatic nitrogens is 2. The molecule has 0 saturated carbocycles. The maximum Gasteiger partial charge on any atom is 0.215 e. The van der Waals surface area contributed by atoms with Crippen LogP contribution < -0.4 is 10.5 Å². The Labute approximate surface area is 110 Å². The molecular weight excluding hydrogens is 238 g/mol. The number of nitrogens with zero attached hydrogens (tertiary/aromatic N) is 2. The molecule has 0 aliphatic carbocycles. The van der Waals surface area contributed by atoms with Crippen molar-refractivity contribution in [3.63, 3.8) is 0 Å². The number of ether oxygens (including phenoxy) is 1. The van der Waals surface area contributed by atoms with Gasteiger partial charge in [-0.1, -0.05) is 30.3 Å². The van der Waals surface area contributed by atoms with E-state index in [9.17, 15) is 0 Å². The van der Waals surface area contributed by atoms with Crippen LogP contribution >= 0.6 is 0 Å². The summed E-state index contributed by atoms with van der Waals surface area (Å²) in [6.07, 6.45) is 0. The second kappa shape index (κ2) is 4.57. The smallest absolute Gasteiger partial charge is 0.215 e. The zero-order valence-corrected chi connectivity index (χ0v) is 10.5. The van der Waals surface area contributed by atoms with Crippen LogP contribution in [0.4, 0.5) is 5.82 Å². The summed E-state index contributed by atoms with van der Waals surface area (Å²) in [5, 5.41) is 0.959. The highest BCUT2D eigenvalue weighted by Gasteiger charge is 2.09. The van der Waals surface area contributed by atoms with Crippen molar-refractivity contribution in [3.05, 3.63) is 48.5 Å². The summed E-state index contributed by atoms with van der Waals surface area (Å²) in [6.45, 7) is 0. The minimum Gasteiger partial charge on any atom is -0.481 e. The van der Waals surface area contributed by atoms with Crippen molar-refractivity contribution in [2.45, 2.75) is 0 Å². The first kappa shape index (κ1) is 11.5. The Morgan fingerprint density at radius 3 is 2.53 bits per heavy atom. The lowest BCUT2D eigenvalue weighted by Gasteiger charge is -2.09. The van der Waals surface area contributed by atoms with E-state index < -0.39 is 0 Å². The standard InChI is InChI=1S/C15H13N3O/c1-19-14-9-12(10-5-3-2-4-6-10)11-7-8-13(16)17-15(11)18-14/h2-9H,1H3,(H2,16,17,18). The van der Waals surface area contributed by atoms with Gasteiger partial charge in [-0.2, -0.15) is 4.98 Å². The van der Waals surface area contributed by atoms with Gasteiger partial charge in [0.05, 0.1) is 7.11 Å². The largest absolute Gasteiger partial charge is 0.481 e. The molecule has 0 fully saturated rings. The summed E-state index contributed by atoms with van der Waals surface area (Å²) in [5.74, 6) is 0.983. The average Bonchev–Trinajstić information content (AvgIpc) is 2.46. The quantitative estimate of drug-likeness (QED) is 0.760. The van der Waals surface area contributed by atoms with Gasteiger partial charge in [0.2, 0.25) is 5.88 Å². The maximum atomic E-state index is 5.71. The summed E-state index contributed by atoms with van der Waals surface area (Å²) < 4.78 is 5.23. The Morgan fingerprint density at radius 1 is 1.00 bits per heavy atom. The summed E-state index contributed by atoms with van der Waals surface area (Å²) in [6, 6.07) is 15.7. The highest BCUT2D eigenvalue weighted by Crippen LogP contribution is 2.30. The summed E-state index contributed by atoms with van der Waals surface area (Å²) in [7, 11) is 1.59. The predicted octanol–water partition coefficient (Wildman–Crippen LogP) is 2.89. The number of rotatable bonds is 2. The zero-order chi connectivity index (χ0) is 13.2. The van der Waals surface area contributed by atoms with Crippen LogP contribution in [0, 0.1) is 0 Å². The molecule has 0 amide bonds. The maximum absolute atomic E-state index is 5.71. The molecule has 3 rings (SSSR count). The van der Waals surface area contributed by atoms with Crippen molar-refractivity contribution in [1.29, 1.82) is 0 Å². The normalized spacial score (nSPS) is 10.6. The van der Waals surface area contributed by atoms with Crippen molar-refractivity contribution >= 4 is 16.9 Å². The highest BCUT2D eigenvalue weighted by atomic mass is 16.5. The highest BCUT2D eigenvalue weighted by molar-refractivity contribution is 5.93. The van der Waals surface area contributed by atoms with E-state index in [1.807, 2.05) is 42.5 Å². The van der Waals surface area contributed by atoms with Crippen LogP contribution in [0.15, 0.2) is 48.5 Å². The Balaban J connectivity index is 2.33. The lowest BCUT2D eigenvalue weighted by Crippen LogP contribution is -1.96.